The number of para-hydroxylation sites is 1. The lowest BCUT2D eigenvalue weighted by atomic mass is 9.89. The molecule has 1 atom stereocenters. The van der Waals surface area contributed by atoms with Crippen LogP contribution >= 0.6 is 0 Å². The number of carbonyl (C=O) groups is 1. The summed E-state index contributed by atoms with van der Waals surface area (Å²) in [5.41, 5.74) is 3.10. The lowest BCUT2D eigenvalue weighted by Crippen LogP contribution is -2.23. The molecule has 0 fully saturated rings. The summed E-state index contributed by atoms with van der Waals surface area (Å²) < 4.78 is 11.4. The van der Waals surface area contributed by atoms with Crippen molar-refractivity contribution in [3.8, 4) is 11.5 Å². The van der Waals surface area contributed by atoms with E-state index in [1.807, 2.05) is 78.9 Å². The second-order valence-corrected chi connectivity index (χ2v) is 6.11. The van der Waals surface area contributed by atoms with Crippen molar-refractivity contribution in [1.82, 2.24) is 0 Å². The van der Waals surface area contributed by atoms with Gasteiger partial charge in [-0.05, 0) is 41.5 Å². The van der Waals surface area contributed by atoms with Gasteiger partial charge in [0.2, 0.25) is 0 Å². The van der Waals surface area contributed by atoms with Gasteiger partial charge in [-0.2, -0.15) is 0 Å². The zero-order chi connectivity index (χ0) is 17.9. The summed E-state index contributed by atoms with van der Waals surface area (Å²) >= 11 is 0. The average molecular weight is 342 g/mol. The summed E-state index contributed by atoms with van der Waals surface area (Å²) in [6.07, 6.45) is 1.47. The molecule has 1 heterocycles. The topological polar surface area (TPSA) is 35.5 Å². The number of ether oxygens (including phenoxy) is 2. The first kappa shape index (κ1) is 16.2. The van der Waals surface area contributed by atoms with Gasteiger partial charge in [-0.1, -0.05) is 54.6 Å². The first-order valence-corrected chi connectivity index (χ1v) is 8.47. The Balaban J connectivity index is 1.82. The molecule has 0 amide bonds. The molecule has 0 radical (unpaired) electrons. The third kappa shape index (κ3) is 3.00. The Morgan fingerprint density at radius 3 is 2.31 bits per heavy atom. The zero-order valence-corrected chi connectivity index (χ0v) is 14.4. The van der Waals surface area contributed by atoms with Crippen LogP contribution in [-0.4, -0.2) is 12.9 Å². The van der Waals surface area contributed by atoms with E-state index in [0.717, 1.165) is 16.9 Å². The van der Waals surface area contributed by atoms with Gasteiger partial charge in [-0.3, -0.25) is 4.79 Å². The lowest BCUT2D eigenvalue weighted by Gasteiger charge is -2.28. The Morgan fingerprint density at radius 1 is 0.885 bits per heavy atom. The molecule has 128 valence electrons. The van der Waals surface area contributed by atoms with Gasteiger partial charge in [0.1, 0.15) is 11.5 Å². The summed E-state index contributed by atoms with van der Waals surface area (Å²) in [4.78, 5) is 13.2. The first-order chi connectivity index (χ1) is 12.8. The van der Waals surface area contributed by atoms with E-state index in [9.17, 15) is 4.79 Å². The van der Waals surface area contributed by atoms with Crippen molar-refractivity contribution in [2.24, 2.45) is 0 Å². The molecule has 0 unspecified atom stereocenters. The number of fused-ring (bicyclic) bond motifs is 1. The predicted molar refractivity (Wildman–Crippen MR) is 102 cm³/mol. The maximum atomic E-state index is 13.2. The molecule has 0 spiro atoms. The molecule has 3 aromatic carbocycles. The summed E-state index contributed by atoms with van der Waals surface area (Å²) in [5, 5.41) is 0. The van der Waals surface area contributed by atoms with Crippen molar-refractivity contribution >= 4 is 11.9 Å². The molecule has 0 N–H and O–H groups in total. The summed E-state index contributed by atoms with van der Waals surface area (Å²) in [6.45, 7) is 0. The smallest absolute Gasteiger partial charge is 0.196 e. The van der Waals surface area contributed by atoms with Crippen molar-refractivity contribution in [3.05, 3.63) is 101 Å². The Kier molecular flexibility index (Phi) is 4.28. The largest absolute Gasteiger partial charge is 0.497 e. The number of rotatable bonds is 3. The number of carbonyl (C=O) groups excluding carboxylic acids is 1. The molecule has 3 aromatic rings. The van der Waals surface area contributed by atoms with E-state index in [2.05, 4.69) is 0 Å². The number of hydrogen-bond acceptors (Lipinski definition) is 3. The van der Waals surface area contributed by atoms with E-state index in [4.69, 9.17) is 9.47 Å². The number of methoxy groups -OCH3 is 1. The van der Waals surface area contributed by atoms with Crippen LogP contribution in [0.25, 0.3) is 6.08 Å². The highest BCUT2D eigenvalue weighted by molar-refractivity contribution is 6.14. The summed E-state index contributed by atoms with van der Waals surface area (Å²) in [5.74, 6) is 1.40. The molecule has 3 heteroatoms. The van der Waals surface area contributed by atoms with Gasteiger partial charge >= 0.3 is 0 Å². The Labute approximate surface area is 152 Å². The minimum Gasteiger partial charge on any atom is -0.497 e. The minimum absolute atomic E-state index is 0.00322. The fraction of sp³-hybridized carbons (Fsp3) is 0.0870. The van der Waals surface area contributed by atoms with E-state index in [1.54, 1.807) is 13.2 Å². The molecule has 0 bridgehead atoms. The standard InChI is InChI=1S/C23H18O3/c1-25-18-13-11-16(12-14-18)15-20-22(24)19-9-5-6-10-21(19)26-23(20)17-7-3-2-4-8-17/h2-15,23H,1H3/b20-15-/t23-/m0/s1. The SMILES string of the molecule is COc1ccc(/C=C2/C(=O)c3ccccc3O[C@H]2c2ccccc2)cc1. The third-order valence-corrected chi connectivity index (χ3v) is 4.46. The van der Waals surface area contributed by atoms with Gasteiger partial charge in [-0.15, -0.1) is 0 Å². The van der Waals surface area contributed by atoms with Crippen LogP contribution in [0, 0.1) is 0 Å². The molecule has 1 aliphatic heterocycles. The second-order valence-electron chi connectivity index (χ2n) is 6.11. The van der Waals surface area contributed by atoms with E-state index < -0.39 is 6.10 Å². The Hall–Kier alpha value is -3.33. The number of ketones is 1. The van der Waals surface area contributed by atoms with Gasteiger partial charge in [0, 0.05) is 5.57 Å². The molecule has 1 aliphatic rings. The second kappa shape index (κ2) is 6.89. The van der Waals surface area contributed by atoms with Gasteiger partial charge in [0.15, 0.2) is 11.9 Å². The highest BCUT2D eigenvalue weighted by atomic mass is 16.5. The van der Waals surface area contributed by atoms with Gasteiger partial charge in [-0.25, -0.2) is 0 Å². The monoisotopic (exact) mass is 342 g/mol. The fourth-order valence-corrected chi connectivity index (χ4v) is 3.12. The maximum absolute atomic E-state index is 13.2. The van der Waals surface area contributed by atoms with Crippen LogP contribution in [0.15, 0.2) is 84.4 Å². The van der Waals surface area contributed by atoms with Crippen LogP contribution in [0.3, 0.4) is 0 Å². The maximum Gasteiger partial charge on any atom is 0.196 e. The quantitative estimate of drug-likeness (QED) is 0.622. The van der Waals surface area contributed by atoms with Gasteiger partial charge in [0.25, 0.3) is 0 Å². The van der Waals surface area contributed by atoms with Crippen LogP contribution in [0.5, 0.6) is 11.5 Å². The molecule has 26 heavy (non-hydrogen) atoms. The van der Waals surface area contributed by atoms with Gasteiger partial charge < -0.3 is 9.47 Å². The number of Topliss-reactive ketones (excluding diaryl/α,β-unsaturated/α-hetero) is 1. The van der Waals surface area contributed by atoms with Crippen LogP contribution in [0.2, 0.25) is 0 Å². The molecule has 0 saturated carbocycles. The highest BCUT2D eigenvalue weighted by Gasteiger charge is 2.32. The molecule has 3 nitrogen and oxygen atoms in total. The lowest BCUT2D eigenvalue weighted by molar-refractivity contribution is 0.0963. The van der Waals surface area contributed by atoms with Crippen LogP contribution in [-0.2, 0) is 0 Å². The fourth-order valence-electron chi connectivity index (χ4n) is 3.12. The van der Waals surface area contributed by atoms with Crippen LogP contribution in [0.4, 0.5) is 0 Å². The van der Waals surface area contributed by atoms with E-state index in [1.165, 1.54) is 0 Å². The van der Waals surface area contributed by atoms with Crippen molar-refractivity contribution in [2.75, 3.05) is 7.11 Å². The van der Waals surface area contributed by atoms with Crippen molar-refractivity contribution < 1.29 is 14.3 Å². The van der Waals surface area contributed by atoms with Crippen molar-refractivity contribution in [1.29, 1.82) is 0 Å². The van der Waals surface area contributed by atoms with E-state index in [0.29, 0.717) is 16.9 Å². The number of benzene rings is 3. The molecule has 4 rings (SSSR count). The third-order valence-electron chi connectivity index (χ3n) is 4.46. The molecular formula is C23H18O3. The zero-order valence-electron chi connectivity index (χ0n) is 14.4. The molecular weight excluding hydrogens is 324 g/mol. The van der Waals surface area contributed by atoms with Crippen molar-refractivity contribution in [2.45, 2.75) is 6.10 Å². The van der Waals surface area contributed by atoms with E-state index in [-0.39, 0.29) is 5.78 Å². The Bertz CT molecular complexity index is 956. The molecule has 0 aromatic heterocycles. The highest BCUT2D eigenvalue weighted by Crippen LogP contribution is 2.39. The predicted octanol–water partition coefficient (Wildman–Crippen LogP) is 5.10. The Morgan fingerprint density at radius 2 is 1.58 bits per heavy atom. The number of hydrogen-bond donors (Lipinski definition) is 0. The minimum atomic E-state index is -0.430. The normalized spacial score (nSPS) is 17.5. The molecule has 0 saturated heterocycles. The van der Waals surface area contributed by atoms with Crippen LogP contribution < -0.4 is 9.47 Å². The average Bonchev–Trinajstić information content (AvgIpc) is 2.71. The molecule has 0 aliphatic carbocycles. The van der Waals surface area contributed by atoms with Crippen LogP contribution in [0.1, 0.15) is 27.6 Å². The summed E-state index contributed by atoms with van der Waals surface area (Å²) in [6, 6.07) is 24.8. The van der Waals surface area contributed by atoms with Gasteiger partial charge in [0.05, 0.1) is 12.7 Å². The van der Waals surface area contributed by atoms with Crippen molar-refractivity contribution in [3.63, 3.8) is 0 Å². The summed E-state index contributed by atoms with van der Waals surface area (Å²) in [7, 11) is 1.63. The first-order valence-electron chi connectivity index (χ1n) is 8.47. The van der Waals surface area contributed by atoms with E-state index >= 15 is 0 Å².